The van der Waals surface area contributed by atoms with Crippen LogP contribution in [0.2, 0.25) is 0 Å². The molecule has 0 aromatic heterocycles. The van der Waals surface area contributed by atoms with E-state index in [1.165, 1.54) is 17.2 Å². The quantitative estimate of drug-likeness (QED) is 0.497. The number of rotatable bonds is 3. The third-order valence-corrected chi connectivity index (χ3v) is 8.40. The van der Waals surface area contributed by atoms with Gasteiger partial charge in [-0.25, -0.2) is 0 Å². The minimum Gasteiger partial charge on any atom is -0.393 e. The van der Waals surface area contributed by atoms with E-state index in [0.717, 1.165) is 43.2 Å². The lowest BCUT2D eigenvalue weighted by molar-refractivity contribution is -0.166. The third kappa shape index (κ3) is 4.23. The Hall–Kier alpha value is -2.51. The number of halogens is 3. The minimum absolute atomic E-state index is 0.0444. The molecule has 0 amide bonds. The second-order valence-corrected chi connectivity index (χ2v) is 10.6. The Bertz CT molecular complexity index is 1160. The van der Waals surface area contributed by atoms with Crippen molar-refractivity contribution in [3.05, 3.63) is 76.4 Å². The zero-order valence-corrected chi connectivity index (χ0v) is 19.9. The summed E-state index contributed by atoms with van der Waals surface area (Å²) in [4.78, 5) is 0. The van der Waals surface area contributed by atoms with E-state index in [1.807, 2.05) is 12.1 Å². The van der Waals surface area contributed by atoms with E-state index in [0.29, 0.717) is 24.3 Å². The summed E-state index contributed by atoms with van der Waals surface area (Å²) in [6, 6.07) is 6.49. The molecule has 3 aliphatic carbocycles. The molecule has 2 N–H and O–H groups in total. The van der Waals surface area contributed by atoms with E-state index in [4.69, 9.17) is 0 Å². The summed E-state index contributed by atoms with van der Waals surface area (Å²) < 4.78 is 40.4. The highest BCUT2D eigenvalue weighted by Crippen LogP contribution is 2.58. The molecule has 4 nitrogen and oxygen atoms in total. The number of aliphatic hydroxyl groups excluding tert-OH is 2. The number of hydrogen-bond acceptors (Lipinski definition) is 4. The predicted molar refractivity (Wildman–Crippen MR) is 128 cm³/mol. The van der Waals surface area contributed by atoms with Crippen molar-refractivity contribution in [3.8, 4) is 0 Å². The molecule has 0 bridgehead atoms. The Morgan fingerprint density at radius 3 is 2.63 bits per heavy atom. The summed E-state index contributed by atoms with van der Waals surface area (Å²) >= 11 is 0. The van der Waals surface area contributed by atoms with Gasteiger partial charge in [-0.05, 0) is 72.6 Å². The summed E-state index contributed by atoms with van der Waals surface area (Å²) in [6.45, 7) is 6.28. The monoisotopic (exact) mass is 484 g/mol. The molecule has 4 atom stereocenters. The molecule has 0 unspecified atom stereocenters. The number of nitrogens with zero attached hydrogens (tertiary/aromatic N) is 2. The highest BCUT2D eigenvalue weighted by atomic mass is 19.4. The molecule has 3 saturated carbocycles. The molecule has 186 valence electrons. The summed E-state index contributed by atoms with van der Waals surface area (Å²) in [5, 5.41) is 26.9. The standard InChI is InChI=1S/C28H31F3N2O2/c1-17-20(15-23(34)16-25(17)35)9-8-19-6-4-12-26(2)21(10-11-24(19)26)13-18-5-3-7-22(14-18)27(32-33-27)28(29,30)31/h3,5,7-9,13-14,23-25,34-35H,1,4,6,10-12,15-16H2,2H3/b19-8+,20-9-,21-13-/t23-,24+,25+,26-/m1/s1. The normalized spacial score (nSPS) is 35.7. The van der Waals surface area contributed by atoms with Gasteiger partial charge in [-0.15, -0.1) is 10.2 Å². The van der Waals surface area contributed by atoms with Gasteiger partial charge >= 0.3 is 11.8 Å². The number of fused-ring (bicyclic) bond motifs is 1. The lowest BCUT2D eigenvalue weighted by Gasteiger charge is -2.39. The fourth-order valence-electron chi connectivity index (χ4n) is 6.28. The van der Waals surface area contributed by atoms with Crippen molar-refractivity contribution >= 4 is 6.08 Å². The first-order chi connectivity index (χ1) is 16.5. The smallest absolute Gasteiger partial charge is 0.393 e. The summed E-state index contributed by atoms with van der Waals surface area (Å²) in [5.74, 6) is 0.365. The van der Waals surface area contributed by atoms with Crippen LogP contribution in [0.4, 0.5) is 13.2 Å². The Balaban J connectivity index is 1.40. The summed E-state index contributed by atoms with van der Waals surface area (Å²) in [5.41, 5.74) is 2.58. The maximum Gasteiger partial charge on any atom is 0.442 e. The van der Waals surface area contributed by atoms with Gasteiger partial charge in [0.1, 0.15) is 0 Å². The van der Waals surface area contributed by atoms with Gasteiger partial charge in [0.2, 0.25) is 0 Å². The Labute approximate surface area is 203 Å². The molecular formula is C28H31F3N2O2. The molecule has 5 rings (SSSR count). The van der Waals surface area contributed by atoms with E-state index >= 15 is 0 Å². The predicted octanol–water partition coefficient (Wildman–Crippen LogP) is 6.78. The van der Waals surface area contributed by atoms with Crippen LogP contribution >= 0.6 is 0 Å². The van der Waals surface area contributed by atoms with E-state index in [9.17, 15) is 23.4 Å². The van der Waals surface area contributed by atoms with Crippen LogP contribution < -0.4 is 0 Å². The Morgan fingerprint density at radius 2 is 1.91 bits per heavy atom. The highest BCUT2D eigenvalue weighted by molar-refractivity contribution is 5.58. The largest absolute Gasteiger partial charge is 0.442 e. The van der Waals surface area contributed by atoms with Crippen LogP contribution in [-0.2, 0) is 5.66 Å². The van der Waals surface area contributed by atoms with Gasteiger partial charge in [0, 0.05) is 12.0 Å². The van der Waals surface area contributed by atoms with E-state index < -0.39 is 24.0 Å². The van der Waals surface area contributed by atoms with Crippen molar-refractivity contribution in [1.29, 1.82) is 0 Å². The van der Waals surface area contributed by atoms with Crippen LogP contribution in [-0.4, -0.2) is 28.6 Å². The van der Waals surface area contributed by atoms with E-state index in [-0.39, 0.29) is 11.0 Å². The van der Waals surface area contributed by atoms with Gasteiger partial charge in [0.25, 0.3) is 0 Å². The number of alkyl halides is 3. The average molecular weight is 485 g/mol. The SMILES string of the molecule is C=C1/C(=C\C=C2/CCC[C@]3(C)/C(=C\c4cccc(C5(C(F)(F)F)N=N5)c4)CC[C@@H]23)C[C@@H](O)C[C@@H]1O. The second kappa shape index (κ2) is 8.56. The fourth-order valence-corrected chi connectivity index (χ4v) is 6.28. The number of hydrogen-bond donors (Lipinski definition) is 2. The third-order valence-electron chi connectivity index (χ3n) is 8.40. The van der Waals surface area contributed by atoms with Crippen molar-refractivity contribution < 1.29 is 23.4 Å². The molecule has 1 aromatic carbocycles. The Kier molecular flexibility index (Phi) is 5.92. The van der Waals surface area contributed by atoms with Crippen LogP contribution in [0, 0.1) is 11.3 Å². The van der Waals surface area contributed by atoms with E-state index in [1.54, 1.807) is 12.1 Å². The van der Waals surface area contributed by atoms with E-state index in [2.05, 4.69) is 35.9 Å². The number of benzene rings is 1. The minimum atomic E-state index is -4.53. The lowest BCUT2D eigenvalue weighted by atomic mass is 9.65. The fraction of sp³-hybridized carbons (Fsp3) is 0.500. The molecule has 0 saturated heterocycles. The maximum atomic E-state index is 13.5. The van der Waals surface area contributed by atoms with Gasteiger partial charge in [-0.2, -0.15) is 13.2 Å². The van der Waals surface area contributed by atoms with Crippen molar-refractivity contribution in [2.45, 2.75) is 75.9 Å². The first-order valence-electron chi connectivity index (χ1n) is 12.3. The van der Waals surface area contributed by atoms with Gasteiger partial charge in [0.15, 0.2) is 0 Å². The van der Waals surface area contributed by atoms with Gasteiger partial charge in [-0.1, -0.05) is 61.1 Å². The molecule has 35 heavy (non-hydrogen) atoms. The molecule has 0 radical (unpaired) electrons. The first kappa shape index (κ1) is 24.2. The van der Waals surface area contributed by atoms with Crippen LogP contribution in [0.3, 0.4) is 0 Å². The van der Waals surface area contributed by atoms with Crippen molar-refractivity contribution in [3.63, 3.8) is 0 Å². The maximum absolute atomic E-state index is 13.5. The second-order valence-electron chi connectivity index (χ2n) is 10.6. The molecule has 3 fully saturated rings. The average Bonchev–Trinajstić information content (AvgIpc) is 3.56. The summed E-state index contributed by atoms with van der Waals surface area (Å²) in [6.07, 6.45) is 6.26. The molecule has 7 heteroatoms. The van der Waals surface area contributed by atoms with Crippen molar-refractivity contribution in [2.24, 2.45) is 21.6 Å². The zero-order chi connectivity index (χ0) is 25.0. The highest BCUT2D eigenvalue weighted by Gasteiger charge is 2.65. The van der Waals surface area contributed by atoms with Crippen molar-refractivity contribution in [1.82, 2.24) is 0 Å². The Morgan fingerprint density at radius 1 is 1.14 bits per heavy atom. The topological polar surface area (TPSA) is 65.2 Å². The van der Waals surface area contributed by atoms with Gasteiger partial charge in [-0.3, -0.25) is 0 Å². The zero-order valence-electron chi connectivity index (χ0n) is 19.9. The molecule has 4 aliphatic rings. The molecular weight excluding hydrogens is 453 g/mol. The van der Waals surface area contributed by atoms with Crippen LogP contribution in [0.5, 0.6) is 0 Å². The van der Waals surface area contributed by atoms with Gasteiger partial charge < -0.3 is 10.2 Å². The first-order valence-corrected chi connectivity index (χ1v) is 12.3. The van der Waals surface area contributed by atoms with Crippen LogP contribution in [0.15, 0.2) is 75.5 Å². The number of allylic oxidation sites excluding steroid dienone is 4. The number of aliphatic hydroxyl groups is 2. The lowest BCUT2D eigenvalue weighted by Crippen LogP contribution is -2.30. The molecule has 1 heterocycles. The van der Waals surface area contributed by atoms with Crippen molar-refractivity contribution in [2.75, 3.05) is 0 Å². The van der Waals surface area contributed by atoms with Crippen LogP contribution in [0.1, 0.15) is 63.0 Å². The molecule has 0 spiro atoms. The molecule has 1 aliphatic heterocycles. The van der Waals surface area contributed by atoms with Gasteiger partial charge in [0.05, 0.1) is 12.2 Å². The van der Waals surface area contributed by atoms with Crippen LogP contribution in [0.25, 0.3) is 6.08 Å². The molecule has 1 aromatic rings. The summed E-state index contributed by atoms with van der Waals surface area (Å²) in [7, 11) is 0.